The molecule has 0 bridgehead atoms. The number of ether oxygens (including phenoxy) is 1. The van der Waals surface area contributed by atoms with E-state index in [1.54, 1.807) is 0 Å². The minimum atomic E-state index is -0.551. The van der Waals surface area contributed by atoms with Gasteiger partial charge in [-0.1, -0.05) is 27.7 Å². The number of carbonyl (C=O) groups excluding carboxylic acids is 2. The molecule has 1 amide bonds. The Balaban J connectivity index is 1.30. The van der Waals surface area contributed by atoms with Crippen LogP contribution in [0.3, 0.4) is 0 Å². The van der Waals surface area contributed by atoms with Gasteiger partial charge in [0.1, 0.15) is 6.04 Å². The predicted octanol–water partition coefficient (Wildman–Crippen LogP) is 5.44. The molecule has 218 valence electrons. The average Bonchev–Trinajstić information content (AvgIpc) is 3.23. The number of esters is 1. The largest absolute Gasteiger partial charge is 0.467 e. The van der Waals surface area contributed by atoms with Crippen molar-refractivity contribution in [3.8, 4) is 0 Å². The fourth-order valence-electron chi connectivity index (χ4n) is 9.81. The molecular weight excluding hydrogens is 474 g/mol. The summed E-state index contributed by atoms with van der Waals surface area (Å²) in [6.07, 6.45) is 16.1. The summed E-state index contributed by atoms with van der Waals surface area (Å²) in [6.45, 7) is 11.0. The molecule has 0 radical (unpaired) electrons. The molecule has 0 aromatic carbocycles. The van der Waals surface area contributed by atoms with Crippen LogP contribution >= 0.6 is 0 Å². The van der Waals surface area contributed by atoms with Gasteiger partial charge in [0.2, 0.25) is 5.91 Å². The number of amides is 1. The van der Waals surface area contributed by atoms with Crippen molar-refractivity contribution >= 4 is 11.9 Å². The molecule has 0 saturated heterocycles. The Morgan fingerprint density at radius 2 is 1.71 bits per heavy atom. The van der Waals surface area contributed by atoms with Gasteiger partial charge in [-0.2, -0.15) is 0 Å². The first-order valence-electron chi connectivity index (χ1n) is 15.9. The molecule has 0 aromatic heterocycles. The van der Waals surface area contributed by atoms with Gasteiger partial charge in [-0.05, 0) is 136 Å². The molecule has 38 heavy (non-hydrogen) atoms. The second-order valence-corrected chi connectivity index (χ2v) is 14.2. The van der Waals surface area contributed by atoms with E-state index in [9.17, 15) is 9.59 Å². The summed E-state index contributed by atoms with van der Waals surface area (Å²) in [6, 6.07) is 0.144. The fourth-order valence-corrected chi connectivity index (χ4v) is 9.81. The maximum Gasteiger partial charge on any atom is 0.328 e. The number of fused-ring (bicyclic) bond motifs is 5. The Bertz CT molecular complexity index is 818. The van der Waals surface area contributed by atoms with Crippen LogP contribution in [0.1, 0.15) is 111 Å². The molecule has 4 aliphatic rings. The summed E-state index contributed by atoms with van der Waals surface area (Å²) in [4.78, 5) is 24.7. The third kappa shape index (κ3) is 5.96. The minimum absolute atomic E-state index is 0.0168. The highest BCUT2D eigenvalue weighted by Gasteiger charge is 2.59. The summed E-state index contributed by atoms with van der Waals surface area (Å²) in [5.41, 5.74) is 6.68. The van der Waals surface area contributed by atoms with Gasteiger partial charge in [0.15, 0.2) is 0 Å². The van der Waals surface area contributed by atoms with Crippen molar-refractivity contribution in [3.63, 3.8) is 0 Å². The lowest BCUT2D eigenvalue weighted by atomic mass is 9.44. The van der Waals surface area contributed by atoms with Gasteiger partial charge >= 0.3 is 5.97 Å². The second kappa shape index (κ2) is 12.6. The highest BCUT2D eigenvalue weighted by molar-refractivity contribution is 5.84. The van der Waals surface area contributed by atoms with Crippen LogP contribution in [0.25, 0.3) is 0 Å². The van der Waals surface area contributed by atoms with Crippen LogP contribution < -0.4 is 16.4 Å². The van der Waals surface area contributed by atoms with Crippen molar-refractivity contribution in [3.05, 3.63) is 0 Å². The van der Waals surface area contributed by atoms with E-state index in [2.05, 4.69) is 24.5 Å². The molecule has 0 aliphatic heterocycles. The zero-order chi connectivity index (χ0) is 27.5. The van der Waals surface area contributed by atoms with Crippen LogP contribution in [-0.2, 0) is 14.3 Å². The van der Waals surface area contributed by atoms with Crippen molar-refractivity contribution in [2.75, 3.05) is 20.2 Å². The van der Waals surface area contributed by atoms with Crippen LogP contribution in [0.2, 0.25) is 0 Å². The molecule has 4 aliphatic carbocycles. The molecular formula is C32H57N3O3. The standard InChI is InChI=1S/C32H57N3O3/c1-21(2)29(30(37)38-5)35-28(36)9-6-8-22-11-13-26-25-12-10-23-20-24(34-19-7-18-33)14-16-32(23,4)27(25)15-17-31(22,26)3/h21-27,29,34H,6-20,33H2,1-5H3,(H,35,36). The van der Waals surface area contributed by atoms with Crippen molar-refractivity contribution in [1.82, 2.24) is 10.6 Å². The highest BCUT2D eigenvalue weighted by atomic mass is 16.5. The second-order valence-electron chi connectivity index (χ2n) is 14.2. The monoisotopic (exact) mass is 531 g/mol. The summed E-state index contributed by atoms with van der Waals surface area (Å²) in [5, 5.41) is 6.73. The first-order chi connectivity index (χ1) is 18.1. The quantitative estimate of drug-likeness (QED) is 0.244. The van der Waals surface area contributed by atoms with Crippen LogP contribution in [0.4, 0.5) is 0 Å². The Labute approximate surface area is 232 Å². The Morgan fingerprint density at radius 3 is 2.42 bits per heavy atom. The minimum Gasteiger partial charge on any atom is -0.467 e. The number of nitrogens with two attached hydrogens (primary N) is 1. The molecule has 0 aromatic rings. The third-order valence-electron chi connectivity index (χ3n) is 12.1. The first-order valence-corrected chi connectivity index (χ1v) is 15.9. The van der Waals surface area contributed by atoms with E-state index in [1.165, 1.54) is 64.9 Å². The van der Waals surface area contributed by atoms with Crippen molar-refractivity contribution in [1.29, 1.82) is 0 Å². The molecule has 0 spiro atoms. The zero-order valence-corrected chi connectivity index (χ0v) is 25.0. The van der Waals surface area contributed by atoms with Gasteiger partial charge in [-0.15, -0.1) is 0 Å². The number of rotatable bonds is 11. The van der Waals surface area contributed by atoms with E-state index in [1.807, 2.05) is 13.8 Å². The smallest absolute Gasteiger partial charge is 0.328 e. The van der Waals surface area contributed by atoms with E-state index in [4.69, 9.17) is 10.5 Å². The van der Waals surface area contributed by atoms with Gasteiger partial charge in [0.05, 0.1) is 7.11 Å². The maximum atomic E-state index is 12.6. The highest BCUT2D eigenvalue weighted by Crippen LogP contribution is 2.67. The van der Waals surface area contributed by atoms with Crippen molar-refractivity contribution < 1.29 is 14.3 Å². The molecule has 0 heterocycles. The van der Waals surface area contributed by atoms with Crippen LogP contribution in [0, 0.1) is 46.3 Å². The summed E-state index contributed by atoms with van der Waals surface area (Å²) in [7, 11) is 1.38. The molecule has 6 heteroatoms. The number of carbonyl (C=O) groups is 2. The average molecular weight is 532 g/mol. The topological polar surface area (TPSA) is 93.4 Å². The van der Waals surface area contributed by atoms with E-state index in [0.29, 0.717) is 23.3 Å². The summed E-state index contributed by atoms with van der Waals surface area (Å²) < 4.78 is 4.88. The number of hydrogen-bond acceptors (Lipinski definition) is 5. The number of nitrogens with one attached hydrogen (secondary N) is 2. The lowest BCUT2D eigenvalue weighted by molar-refractivity contribution is -0.146. The zero-order valence-electron chi connectivity index (χ0n) is 25.0. The van der Waals surface area contributed by atoms with Crippen LogP contribution in [-0.4, -0.2) is 44.2 Å². The Hall–Kier alpha value is -1.14. The van der Waals surface area contributed by atoms with Gasteiger partial charge in [-0.3, -0.25) is 4.79 Å². The summed E-state index contributed by atoms with van der Waals surface area (Å²) in [5.74, 6) is 3.94. The van der Waals surface area contributed by atoms with Crippen molar-refractivity contribution in [2.45, 2.75) is 123 Å². The van der Waals surface area contributed by atoms with E-state index >= 15 is 0 Å². The maximum absolute atomic E-state index is 12.6. The Morgan fingerprint density at radius 1 is 0.974 bits per heavy atom. The molecule has 9 unspecified atom stereocenters. The molecule has 4 N–H and O–H groups in total. The van der Waals surface area contributed by atoms with Crippen LogP contribution in [0.5, 0.6) is 0 Å². The van der Waals surface area contributed by atoms with E-state index in [0.717, 1.165) is 61.9 Å². The normalized spacial score (nSPS) is 39.1. The Kier molecular flexibility index (Phi) is 9.88. The lowest BCUT2D eigenvalue weighted by Gasteiger charge is -2.61. The number of hydrogen-bond donors (Lipinski definition) is 3. The molecule has 4 fully saturated rings. The molecule has 6 nitrogen and oxygen atoms in total. The van der Waals surface area contributed by atoms with E-state index < -0.39 is 6.04 Å². The van der Waals surface area contributed by atoms with Gasteiger partial charge in [0.25, 0.3) is 0 Å². The van der Waals surface area contributed by atoms with Gasteiger partial charge in [0, 0.05) is 12.5 Å². The third-order valence-corrected chi connectivity index (χ3v) is 12.1. The molecule has 4 rings (SSSR count). The van der Waals surface area contributed by atoms with E-state index in [-0.39, 0.29) is 17.8 Å². The SMILES string of the molecule is COC(=O)C(NC(=O)CCCC1CCC2C3CCC4CC(NCCCN)CCC4(C)C3CCC12C)C(C)C. The van der Waals surface area contributed by atoms with Crippen LogP contribution in [0.15, 0.2) is 0 Å². The number of methoxy groups -OCH3 is 1. The summed E-state index contributed by atoms with van der Waals surface area (Å²) >= 11 is 0. The molecule has 4 saturated carbocycles. The first kappa shape index (κ1) is 29.8. The lowest BCUT2D eigenvalue weighted by Crippen LogP contribution is -2.55. The van der Waals surface area contributed by atoms with Gasteiger partial charge < -0.3 is 21.1 Å². The van der Waals surface area contributed by atoms with Gasteiger partial charge in [-0.25, -0.2) is 4.79 Å². The predicted molar refractivity (Wildman–Crippen MR) is 153 cm³/mol. The molecule has 9 atom stereocenters. The van der Waals surface area contributed by atoms with Crippen molar-refractivity contribution in [2.24, 2.45) is 52.1 Å². The fraction of sp³-hybridized carbons (Fsp3) is 0.938.